The molecule has 0 bridgehead atoms. The highest BCUT2D eigenvalue weighted by Gasteiger charge is 2.12. The van der Waals surface area contributed by atoms with Gasteiger partial charge in [0.25, 0.3) is 0 Å². The molecule has 4 nitrogen and oxygen atoms in total. The van der Waals surface area contributed by atoms with Gasteiger partial charge < -0.3 is 5.32 Å². The first kappa shape index (κ1) is 13.9. The van der Waals surface area contributed by atoms with E-state index in [2.05, 4.69) is 5.32 Å². The molecule has 0 unspecified atom stereocenters. The molecule has 0 aromatic heterocycles. The van der Waals surface area contributed by atoms with E-state index in [9.17, 15) is 8.42 Å². The highest BCUT2D eigenvalue weighted by atomic mass is 32.2. The molecule has 0 atom stereocenters. The molecular weight excluding hydrogens is 224 g/mol. The van der Waals surface area contributed by atoms with Crippen LogP contribution < -0.4 is 10.5 Å². The van der Waals surface area contributed by atoms with Crippen molar-refractivity contribution in [3.63, 3.8) is 0 Å². The summed E-state index contributed by atoms with van der Waals surface area (Å²) in [7, 11) is -3.27. The summed E-state index contributed by atoms with van der Waals surface area (Å²) in [6, 6.07) is 0. The van der Waals surface area contributed by atoms with Gasteiger partial charge in [-0.25, -0.2) is 13.6 Å². The van der Waals surface area contributed by atoms with Gasteiger partial charge in [0.2, 0.25) is 10.0 Å². The van der Waals surface area contributed by atoms with Gasteiger partial charge in [0.15, 0.2) is 0 Å². The van der Waals surface area contributed by atoms with Crippen molar-refractivity contribution in [1.29, 1.82) is 0 Å². The van der Waals surface area contributed by atoms with Gasteiger partial charge in [-0.1, -0.05) is 32.1 Å². The second-order valence-electron chi connectivity index (χ2n) is 4.76. The average molecular weight is 248 g/mol. The Kier molecular flexibility index (Phi) is 6.31. The fourth-order valence-corrected chi connectivity index (χ4v) is 2.85. The maximum atomic E-state index is 10.7. The van der Waals surface area contributed by atoms with Crippen LogP contribution in [0.1, 0.15) is 44.9 Å². The zero-order valence-corrected chi connectivity index (χ0v) is 10.8. The minimum atomic E-state index is -3.27. The molecule has 16 heavy (non-hydrogen) atoms. The number of nitrogens with two attached hydrogens (primary N) is 1. The van der Waals surface area contributed by atoms with Crippen LogP contribution in [0.15, 0.2) is 0 Å². The van der Waals surface area contributed by atoms with Crippen molar-refractivity contribution in [3.05, 3.63) is 0 Å². The van der Waals surface area contributed by atoms with E-state index in [1.807, 2.05) is 0 Å². The van der Waals surface area contributed by atoms with E-state index in [1.165, 1.54) is 38.5 Å². The molecule has 1 fully saturated rings. The van der Waals surface area contributed by atoms with E-state index in [-0.39, 0.29) is 5.75 Å². The van der Waals surface area contributed by atoms with Crippen LogP contribution in [0.3, 0.4) is 0 Å². The smallest absolute Gasteiger partial charge is 0.209 e. The molecule has 0 radical (unpaired) electrons. The van der Waals surface area contributed by atoms with Crippen molar-refractivity contribution in [1.82, 2.24) is 5.32 Å². The molecule has 1 rings (SSSR count). The first-order chi connectivity index (χ1) is 7.58. The maximum Gasteiger partial charge on any atom is 0.209 e. The van der Waals surface area contributed by atoms with Crippen LogP contribution in [-0.2, 0) is 10.0 Å². The Labute approximate surface area is 99.0 Å². The molecule has 5 heteroatoms. The standard InChI is InChI=1S/C11H24N2O2S/c12-16(14,15)10-4-8-13-9-7-11-5-2-1-3-6-11/h11,13H,1-10H2,(H2,12,14,15). The predicted molar refractivity (Wildman–Crippen MR) is 66.7 cm³/mol. The summed E-state index contributed by atoms with van der Waals surface area (Å²) in [4.78, 5) is 0. The molecule has 0 aliphatic heterocycles. The van der Waals surface area contributed by atoms with Crippen LogP contribution in [0.25, 0.3) is 0 Å². The Bertz CT molecular complexity index is 272. The SMILES string of the molecule is NS(=O)(=O)CCCNCCC1CCCCC1. The minimum Gasteiger partial charge on any atom is -0.317 e. The van der Waals surface area contributed by atoms with Crippen molar-refractivity contribution in [3.8, 4) is 0 Å². The van der Waals surface area contributed by atoms with E-state index in [0.717, 1.165) is 19.0 Å². The van der Waals surface area contributed by atoms with Crippen molar-refractivity contribution < 1.29 is 8.42 Å². The van der Waals surface area contributed by atoms with E-state index < -0.39 is 10.0 Å². The quantitative estimate of drug-likeness (QED) is 0.666. The Morgan fingerprint density at radius 2 is 1.81 bits per heavy atom. The molecule has 0 saturated heterocycles. The topological polar surface area (TPSA) is 72.2 Å². The Morgan fingerprint density at radius 1 is 1.12 bits per heavy atom. The van der Waals surface area contributed by atoms with Crippen LogP contribution in [0.5, 0.6) is 0 Å². The summed E-state index contributed by atoms with van der Waals surface area (Å²) in [5, 5.41) is 8.20. The largest absolute Gasteiger partial charge is 0.317 e. The van der Waals surface area contributed by atoms with Gasteiger partial charge in [0.05, 0.1) is 5.75 Å². The van der Waals surface area contributed by atoms with E-state index in [4.69, 9.17) is 5.14 Å². The molecule has 0 aromatic rings. The Balaban J connectivity index is 1.91. The molecule has 0 aromatic carbocycles. The number of nitrogens with one attached hydrogen (secondary N) is 1. The lowest BCUT2D eigenvalue weighted by molar-refractivity contribution is 0.334. The summed E-state index contributed by atoms with van der Waals surface area (Å²) in [5.41, 5.74) is 0. The predicted octanol–water partition coefficient (Wildman–Crippen LogP) is 1.22. The minimum absolute atomic E-state index is 0.0867. The molecule has 0 heterocycles. The van der Waals surface area contributed by atoms with E-state index in [1.54, 1.807) is 0 Å². The summed E-state index contributed by atoms with van der Waals surface area (Å²) < 4.78 is 21.3. The molecule has 0 spiro atoms. The van der Waals surface area contributed by atoms with Crippen molar-refractivity contribution in [2.45, 2.75) is 44.9 Å². The van der Waals surface area contributed by atoms with Gasteiger partial charge >= 0.3 is 0 Å². The van der Waals surface area contributed by atoms with Gasteiger partial charge in [-0.2, -0.15) is 0 Å². The number of hydrogen-bond donors (Lipinski definition) is 2. The fraction of sp³-hybridized carbons (Fsp3) is 1.00. The zero-order valence-electron chi connectivity index (χ0n) is 9.95. The second-order valence-corrected chi connectivity index (χ2v) is 6.50. The third-order valence-electron chi connectivity index (χ3n) is 3.24. The zero-order chi connectivity index (χ0) is 11.9. The monoisotopic (exact) mass is 248 g/mol. The van der Waals surface area contributed by atoms with Gasteiger partial charge in [-0.15, -0.1) is 0 Å². The van der Waals surface area contributed by atoms with E-state index >= 15 is 0 Å². The van der Waals surface area contributed by atoms with Crippen molar-refractivity contribution in [2.24, 2.45) is 11.1 Å². The fourth-order valence-electron chi connectivity index (χ4n) is 2.31. The number of hydrogen-bond acceptors (Lipinski definition) is 3. The molecule has 3 N–H and O–H groups in total. The Morgan fingerprint density at radius 3 is 2.44 bits per heavy atom. The van der Waals surface area contributed by atoms with Crippen molar-refractivity contribution >= 4 is 10.0 Å². The number of primary sulfonamides is 1. The highest BCUT2D eigenvalue weighted by molar-refractivity contribution is 7.89. The summed E-state index contributed by atoms with van der Waals surface area (Å²) in [6.45, 7) is 1.76. The first-order valence-corrected chi connectivity index (χ1v) is 8.00. The van der Waals surface area contributed by atoms with Crippen LogP contribution in [0.4, 0.5) is 0 Å². The Hall–Kier alpha value is -0.130. The number of rotatable bonds is 7. The first-order valence-electron chi connectivity index (χ1n) is 6.29. The molecule has 96 valence electrons. The lowest BCUT2D eigenvalue weighted by Gasteiger charge is -2.21. The average Bonchev–Trinajstić information content (AvgIpc) is 2.23. The van der Waals surface area contributed by atoms with Gasteiger partial charge in [-0.05, 0) is 31.8 Å². The summed E-state index contributed by atoms with van der Waals surface area (Å²) in [6.07, 6.45) is 8.76. The molecular formula is C11H24N2O2S. The third-order valence-corrected chi connectivity index (χ3v) is 4.09. The summed E-state index contributed by atoms with van der Waals surface area (Å²) in [5.74, 6) is 0.975. The summed E-state index contributed by atoms with van der Waals surface area (Å²) >= 11 is 0. The van der Waals surface area contributed by atoms with Crippen LogP contribution in [0.2, 0.25) is 0 Å². The van der Waals surface area contributed by atoms with Crippen molar-refractivity contribution in [2.75, 3.05) is 18.8 Å². The molecule has 1 saturated carbocycles. The lowest BCUT2D eigenvalue weighted by atomic mass is 9.87. The van der Waals surface area contributed by atoms with Gasteiger partial charge in [-0.3, -0.25) is 0 Å². The van der Waals surface area contributed by atoms with Gasteiger partial charge in [0.1, 0.15) is 0 Å². The molecule has 1 aliphatic rings. The molecule has 1 aliphatic carbocycles. The second kappa shape index (κ2) is 7.25. The normalized spacial score (nSPS) is 18.8. The number of sulfonamides is 1. The van der Waals surface area contributed by atoms with Gasteiger partial charge in [0, 0.05) is 0 Å². The highest BCUT2D eigenvalue weighted by Crippen LogP contribution is 2.25. The maximum absolute atomic E-state index is 10.7. The third kappa shape index (κ3) is 7.19. The van der Waals surface area contributed by atoms with Crippen LogP contribution >= 0.6 is 0 Å². The van der Waals surface area contributed by atoms with E-state index in [0.29, 0.717) is 6.42 Å². The molecule has 0 amide bonds. The van der Waals surface area contributed by atoms with Crippen LogP contribution in [0, 0.1) is 5.92 Å². The van der Waals surface area contributed by atoms with Crippen LogP contribution in [-0.4, -0.2) is 27.3 Å². The lowest BCUT2D eigenvalue weighted by Crippen LogP contribution is -2.24.